The fourth-order valence-electron chi connectivity index (χ4n) is 3.87. The van der Waals surface area contributed by atoms with Gasteiger partial charge in [-0.1, -0.05) is 42.6 Å². The summed E-state index contributed by atoms with van der Waals surface area (Å²) in [4.78, 5) is 28.5. The molecule has 172 valence electrons. The van der Waals surface area contributed by atoms with Gasteiger partial charge in [-0.2, -0.15) is 0 Å². The first-order valence-corrected chi connectivity index (χ1v) is 12.5. The number of amides is 2. The first kappa shape index (κ1) is 24.6. The third kappa shape index (κ3) is 7.24. The molecule has 3 rings (SSSR count). The van der Waals surface area contributed by atoms with Crippen LogP contribution < -0.4 is 5.32 Å². The molecule has 0 unspecified atom stereocenters. The monoisotopic (exact) mass is 476 g/mol. The highest BCUT2D eigenvalue weighted by Crippen LogP contribution is 2.23. The van der Waals surface area contributed by atoms with Gasteiger partial charge >= 0.3 is 0 Å². The lowest BCUT2D eigenvalue weighted by Gasteiger charge is -2.30. The Morgan fingerprint density at radius 1 is 1.16 bits per heavy atom. The van der Waals surface area contributed by atoms with E-state index in [1.165, 1.54) is 11.0 Å². The van der Waals surface area contributed by atoms with Crippen LogP contribution in [0.4, 0.5) is 4.39 Å². The molecule has 0 spiro atoms. The summed E-state index contributed by atoms with van der Waals surface area (Å²) in [7, 11) is 0. The number of carbonyl (C=O) groups excluding carboxylic acids is 2. The topological polar surface area (TPSA) is 49.4 Å². The molecule has 2 aromatic rings. The van der Waals surface area contributed by atoms with Gasteiger partial charge < -0.3 is 10.2 Å². The molecule has 1 saturated carbocycles. The second-order valence-corrected chi connectivity index (χ2v) is 9.79. The Bertz CT molecular complexity index is 903. The smallest absolute Gasteiger partial charge is 0.242 e. The van der Waals surface area contributed by atoms with Crippen molar-refractivity contribution in [2.75, 3.05) is 5.75 Å². The maximum absolute atomic E-state index is 14.3. The molecule has 32 heavy (non-hydrogen) atoms. The predicted octanol–water partition coefficient (Wildman–Crippen LogP) is 5.83. The van der Waals surface area contributed by atoms with Crippen LogP contribution in [0.2, 0.25) is 5.02 Å². The Labute approximate surface area is 198 Å². The molecule has 0 aromatic heterocycles. The average molecular weight is 477 g/mol. The second-order valence-electron chi connectivity index (χ2n) is 8.18. The van der Waals surface area contributed by atoms with Crippen molar-refractivity contribution in [3.8, 4) is 0 Å². The third-order valence-corrected chi connectivity index (χ3v) is 7.14. The van der Waals surface area contributed by atoms with Crippen molar-refractivity contribution in [3.63, 3.8) is 0 Å². The largest absolute Gasteiger partial charge is 0.352 e. The van der Waals surface area contributed by atoms with Crippen molar-refractivity contribution in [2.45, 2.75) is 69.0 Å². The minimum Gasteiger partial charge on any atom is -0.352 e. The molecule has 1 N–H and O–H groups in total. The second kappa shape index (κ2) is 12.3. The average Bonchev–Trinajstić information content (AvgIpc) is 3.30. The van der Waals surface area contributed by atoms with E-state index in [1.54, 1.807) is 36.9 Å². The highest BCUT2D eigenvalue weighted by molar-refractivity contribution is 7.99. The van der Waals surface area contributed by atoms with Crippen molar-refractivity contribution >= 4 is 35.2 Å². The zero-order valence-electron chi connectivity index (χ0n) is 18.4. The highest BCUT2D eigenvalue weighted by Gasteiger charge is 2.28. The Balaban J connectivity index is 1.60. The number of halogens is 2. The number of nitrogens with zero attached hydrogens (tertiary/aromatic N) is 1. The van der Waals surface area contributed by atoms with Gasteiger partial charge in [0.15, 0.2) is 0 Å². The number of hydrogen-bond donors (Lipinski definition) is 1. The van der Waals surface area contributed by atoms with Gasteiger partial charge in [0.25, 0.3) is 0 Å². The number of hydrogen-bond acceptors (Lipinski definition) is 3. The summed E-state index contributed by atoms with van der Waals surface area (Å²) in [6, 6.07) is 13.5. The predicted molar refractivity (Wildman–Crippen MR) is 128 cm³/mol. The molecule has 4 nitrogen and oxygen atoms in total. The van der Waals surface area contributed by atoms with E-state index in [1.807, 2.05) is 24.3 Å². The summed E-state index contributed by atoms with van der Waals surface area (Å²) in [5.74, 6) is 0.0898. The molecule has 0 aliphatic heterocycles. The lowest BCUT2D eigenvalue weighted by molar-refractivity contribution is -0.141. The number of thioether (sulfide) groups is 1. The van der Waals surface area contributed by atoms with Crippen LogP contribution in [-0.4, -0.2) is 34.6 Å². The van der Waals surface area contributed by atoms with Crippen LogP contribution in [0, 0.1) is 5.82 Å². The van der Waals surface area contributed by atoms with Gasteiger partial charge in [0.2, 0.25) is 11.8 Å². The zero-order valence-corrected chi connectivity index (χ0v) is 19.9. The van der Waals surface area contributed by atoms with Gasteiger partial charge in [0, 0.05) is 34.5 Å². The minimum absolute atomic E-state index is 0.0785. The van der Waals surface area contributed by atoms with E-state index >= 15 is 0 Å². The number of carbonyl (C=O) groups is 2. The Hall–Kier alpha value is -2.05. The van der Waals surface area contributed by atoms with E-state index in [9.17, 15) is 14.0 Å². The summed E-state index contributed by atoms with van der Waals surface area (Å²) in [6.45, 7) is 1.81. The fraction of sp³-hybridized carbons (Fsp3) is 0.440. The van der Waals surface area contributed by atoms with Crippen LogP contribution in [-0.2, 0) is 16.1 Å². The van der Waals surface area contributed by atoms with Crippen molar-refractivity contribution in [3.05, 3.63) is 64.9 Å². The number of benzene rings is 2. The molecule has 7 heteroatoms. The summed E-state index contributed by atoms with van der Waals surface area (Å²) >= 11 is 7.57. The Morgan fingerprint density at radius 3 is 2.53 bits per heavy atom. The molecular formula is C25H30ClFN2O2S. The molecular weight excluding hydrogens is 447 g/mol. The summed E-state index contributed by atoms with van der Waals surface area (Å²) in [6.07, 6.45) is 5.14. The van der Waals surface area contributed by atoms with E-state index in [0.29, 0.717) is 23.4 Å². The first-order valence-electron chi connectivity index (χ1n) is 11.2. The van der Waals surface area contributed by atoms with Crippen LogP contribution in [0.25, 0.3) is 0 Å². The van der Waals surface area contributed by atoms with E-state index in [4.69, 9.17) is 11.6 Å². The summed E-state index contributed by atoms with van der Waals surface area (Å²) in [5.41, 5.74) is 0.414. The molecule has 1 atom stereocenters. The molecule has 1 aliphatic carbocycles. The number of rotatable bonds is 10. The van der Waals surface area contributed by atoms with Gasteiger partial charge in [-0.05, 0) is 62.3 Å². The molecule has 2 aromatic carbocycles. The van der Waals surface area contributed by atoms with Crippen molar-refractivity contribution in [2.24, 2.45) is 0 Å². The van der Waals surface area contributed by atoms with Crippen LogP contribution in [0.1, 0.15) is 51.0 Å². The molecule has 1 fully saturated rings. The zero-order chi connectivity index (χ0) is 22.9. The molecule has 0 radical (unpaired) electrons. The van der Waals surface area contributed by atoms with Gasteiger partial charge in [0.1, 0.15) is 11.9 Å². The molecule has 0 bridgehead atoms. The van der Waals surface area contributed by atoms with E-state index in [-0.39, 0.29) is 30.2 Å². The van der Waals surface area contributed by atoms with E-state index in [0.717, 1.165) is 36.3 Å². The van der Waals surface area contributed by atoms with Crippen molar-refractivity contribution < 1.29 is 14.0 Å². The Morgan fingerprint density at radius 2 is 1.84 bits per heavy atom. The third-order valence-electron chi connectivity index (χ3n) is 5.78. The lowest BCUT2D eigenvalue weighted by atomic mass is 10.1. The molecule has 1 aliphatic rings. The fourth-order valence-corrected chi connectivity index (χ4v) is 4.85. The normalized spacial score (nSPS) is 14.8. The Kier molecular flexibility index (Phi) is 9.42. The minimum atomic E-state index is -0.661. The van der Waals surface area contributed by atoms with Crippen molar-refractivity contribution in [1.82, 2.24) is 10.2 Å². The number of nitrogens with one attached hydrogen (secondary N) is 1. The quantitative estimate of drug-likeness (QED) is 0.347. The standard InChI is InChI=1S/C25H30ClFN2O2S/c1-18(25(31)28-21-8-3-4-9-21)29(17-19-7-2-5-10-23(19)27)24(30)11-6-16-32-22-14-12-20(26)13-15-22/h2,5,7,10,12-15,18,21H,3-4,6,8-9,11,16-17H2,1H3,(H,28,31)/t18-/m0/s1. The van der Waals surface area contributed by atoms with Crippen molar-refractivity contribution in [1.29, 1.82) is 0 Å². The van der Waals surface area contributed by atoms with E-state index < -0.39 is 6.04 Å². The maximum atomic E-state index is 14.3. The summed E-state index contributed by atoms with van der Waals surface area (Å²) < 4.78 is 14.3. The van der Waals surface area contributed by atoms with Crippen LogP contribution in [0.3, 0.4) is 0 Å². The van der Waals surface area contributed by atoms with Gasteiger partial charge in [0.05, 0.1) is 0 Å². The van der Waals surface area contributed by atoms with Crippen LogP contribution in [0.5, 0.6) is 0 Å². The van der Waals surface area contributed by atoms with E-state index in [2.05, 4.69) is 5.32 Å². The van der Waals surface area contributed by atoms with Gasteiger partial charge in [-0.15, -0.1) is 11.8 Å². The molecule has 0 saturated heterocycles. The maximum Gasteiger partial charge on any atom is 0.242 e. The van der Waals surface area contributed by atoms with Crippen LogP contribution in [0.15, 0.2) is 53.4 Å². The highest BCUT2D eigenvalue weighted by atomic mass is 35.5. The van der Waals surface area contributed by atoms with Gasteiger partial charge in [-0.25, -0.2) is 4.39 Å². The van der Waals surface area contributed by atoms with Crippen LogP contribution >= 0.6 is 23.4 Å². The lowest BCUT2D eigenvalue weighted by Crippen LogP contribution is -2.49. The summed E-state index contributed by atoms with van der Waals surface area (Å²) in [5, 5.41) is 3.76. The first-order chi connectivity index (χ1) is 15.4. The SMILES string of the molecule is C[C@@H](C(=O)NC1CCCC1)N(Cc1ccccc1F)C(=O)CCCSc1ccc(Cl)cc1. The van der Waals surface area contributed by atoms with Gasteiger partial charge in [-0.3, -0.25) is 9.59 Å². The molecule has 2 amide bonds. The molecule has 0 heterocycles.